The zero-order chi connectivity index (χ0) is 18.9. The van der Waals surface area contributed by atoms with Crippen LogP contribution < -0.4 is 5.32 Å². The van der Waals surface area contributed by atoms with Crippen molar-refractivity contribution in [3.8, 4) is 0 Å². The minimum Gasteiger partial charge on any atom is -0.352 e. The van der Waals surface area contributed by atoms with Crippen molar-refractivity contribution in [2.75, 3.05) is 5.75 Å². The van der Waals surface area contributed by atoms with Crippen molar-refractivity contribution in [1.82, 2.24) is 20.1 Å². The lowest BCUT2D eigenvalue weighted by atomic mass is 9.48. The molecule has 28 heavy (non-hydrogen) atoms. The number of carbonyl (C=O) groups excluding carboxylic acids is 1. The zero-order valence-electron chi connectivity index (χ0n) is 16.9. The van der Waals surface area contributed by atoms with Crippen LogP contribution in [0.4, 0.5) is 0 Å². The lowest BCUT2D eigenvalue weighted by Crippen LogP contribution is -2.56. The number of nitrogens with one attached hydrogen (secondary N) is 1. The summed E-state index contributed by atoms with van der Waals surface area (Å²) in [5.74, 6) is 5.21. The van der Waals surface area contributed by atoms with E-state index in [0.717, 1.165) is 22.9 Å². The molecule has 6 fully saturated rings. The molecular weight excluding hydrogens is 368 g/mol. The molecule has 152 valence electrons. The van der Waals surface area contributed by atoms with Crippen LogP contribution in [0.15, 0.2) is 5.16 Å². The highest BCUT2D eigenvalue weighted by Crippen LogP contribution is 2.61. The van der Waals surface area contributed by atoms with Gasteiger partial charge in [-0.1, -0.05) is 11.8 Å². The van der Waals surface area contributed by atoms with E-state index in [1.807, 2.05) is 0 Å². The molecule has 0 saturated heterocycles. The molecule has 1 atom stereocenters. The summed E-state index contributed by atoms with van der Waals surface area (Å²) in [6.07, 6.45) is 13.4. The third kappa shape index (κ3) is 3.10. The van der Waals surface area contributed by atoms with Gasteiger partial charge in [-0.3, -0.25) is 4.79 Å². The van der Waals surface area contributed by atoms with Crippen molar-refractivity contribution >= 4 is 17.7 Å². The van der Waals surface area contributed by atoms with Crippen LogP contribution in [0.2, 0.25) is 0 Å². The Kier molecular flexibility index (Phi) is 4.12. The van der Waals surface area contributed by atoms with E-state index in [2.05, 4.69) is 27.0 Å². The van der Waals surface area contributed by atoms with Crippen LogP contribution in [0.25, 0.3) is 0 Å². The molecule has 6 saturated carbocycles. The van der Waals surface area contributed by atoms with Crippen LogP contribution in [0, 0.1) is 23.2 Å². The Bertz CT molecular complexity index is 746. The average Bonchev–Trinajstić information content (AvgIpc) is 3.57. The normalized spacial score (nSPS) is 37.2. The Morgan fingerprint density at radius 2 is 1.75 bits per heavy atom. The molecule has 5 nitrogen and oxygen atoms in total. The number of nitrogens with zero attached hydrogens (tertiary/aromatic N) is 3. The Hall–Kier alpha value is -1.04. The maximum absolute atomic E-state index is 12.8. The fourth-order valence-corrected chi connectivity index (χ4v) is 7.78. The van der Waals surface area contributed by atoms with Gasteiger partial charge >= 0.3 is 0 Å². The van der Waals surface area contributed by atoms with E-state index in [1.165, 1.54) is 70.0 Å². The summed E-state index contributed by atoms with van der Waals surface area (Å²) < 4.78 is 2.35. The summed E-state index contributed by atoms with van der Waals surface area (Å²) in [6, 6.07) is 0.888. The van der Waals surface area contributed by atoms with Gasteiger partial charge in [0.1, 0.15) is 5.82 Å². The molecule has 0 aromatic carbocycles. The fourth-order valence-electron chi connectivity index (χ4n) is 6.96. The standard InChI is InChI=1S/C22H32N4OS/c1-13(22-9-14-6-15(10-22)8-16(7-14)11-22)23-19(27)12-28-21-25-24-20(17-2-3-17)26(21)18-4-5-18/h13-18H,2-12H2,1H3,(H,23,27)/t13-,14?,15?,16?,22?/m1/s1. The summed E-state index contributed by atoms with van der Waals surface area (Å²) in [4.78, 5) is 12.8. The van der Waals surface area contributed by atoms with Crippen LogP contribution in [0.3, 0.4) is 0 Å². The molecule has 0 unspecified atom stereocenters. The summed E-state index contributed by atoms with van der Waals surface area (Å²) in [5, 5.41) is 13.3. The molecule has 0 radical (unpaired) electrons. The third-order valence-electron chi connectivity index (χ3n) is 8.26. The Labute approximate surface area is 171 Å². The Morgan fingerprint density at radius 1 is 1.11 bits per heavy atom. The van der Waals surface area contributed by atoms with E-state index < -0.39 is 0 Å². The van der Waals surface area contributed by atoms with Crippen LogP contribution in [-0.4, -0.2) is 32.5 Å². The minimum atomic E-state index is 0.173. The van der Waals surface area contributed by atoms with E-state index in [1.54, 1.807) is 11.8 Å². The number of hydrogen-bond acceptors (Lipinski definition) is 4. The highest BCUT2D eigenvalue weighted by Gasteiger charge is 2.53. The lowest BCUT2D eigenvalue weighted by molar-refractivity contribution is -0.123. The second kappa shape index (κ2) is 6.48. The number of aromatic nitrogens is 3. The predicted molar refractivity (Wildman–Crippen MR) is 109 cm³/mol. The van der Waals surface area contributed by atoms with Gasteiger partial charge in [-0.2, -0.15) is 0 Å². The SMILES string of the molecule is C[C@@H](NC(=O)CSc1nnc(C2CC2)n1C1CC1)C12CC3CC(CC(C3)C1)C2. The summed E-state index contributed by atoms with van der Waals surface area (Å²) in [5.41, 5.74) is 0.377. The highest BCUT2D eigenvalue weighted by molar-refractivity contribution is 7.99. The van der Waals surface area contributed by atoms with Crippen molar-refractivity contribution in [2.24, 2.45) is 23.2 Å². The predicted octanol–water partition coefficient (Wildman–Crippen LogP) is 4.30. The summed E-state index contributed by atoms with van der Waals surface area (Å²) in [7, 11) is 0. The van der Waals surface area contributed by atoms with E-state index in [0.29, 0.717) is 29.2 Å². The molecule has 1 aromatic rings. The van der Waals surface area contributed by atoms with Crippen LogP contribution in [0.5, 0.6) is 0 Å². The monoisotopic (exact) mass is 400 g/mol. The van der Waals surface area contributed by atoms with Crippen LogP contribution in [-0.2, 0) is 4.79 Å². The number of carbonyl (C=O) groups is 1. The van der Waals surface area contributed by atoms with Crippen molar-refractivity contribution in [2.45, 2.75) is 94.3 Å². The van der Waals surface area contributed by atoms with Gasteiger partial charge in [-0.05, 0) is 94.3 Å². The largest absolute Gasteiger partial charge is 0.352 e. The van der Waals surface area contributed by atoms with Gasteiger partial charge in [-0.15, -0.1) is 10.2 Å². The molecule has 6 aliphatic carbocycles. The second-order valence-corrected chi connectivity index (χ2v) is 11.5. The molecule has 6 heteroatoms. The molecular formula is C22H32N4OS. The molecule has 0 spiro atoms. The molecule has 0 aliphatic heterocycles. The first-order valence-corrected chi connectivity index (χ1v) is 12.4. The zero-order valence-corrected chi connectivity index (χ0v) is 17.7. The Morgan fingerprint density at radius 3 is 2.32 bits per heavy atom. The van der Waals surface area contributed by atoms with Gasteiger partial charge in [0.25, 0.3) is 0 Å². The first kappa shape index (κ1) is 17.8. The van der Waals surface area contributed by atoms with E-state index >= 15 is 0 Å². The quantitative estimate of drug-likeness (QED) is 0.693. The second-order valence-electron chi connectivity index (χ2n) is 10.6. The van der Waals surface area contributed by atoms with E-state index in [9.17, 15) is 4.79 Å². The molecule has 1 N–H and O–H groups in total. The maximum atomic E-state index is 12.8. The lowest BCUT2D eigenvalue weighted by Gasteiger charge is -2.59. The molecule has 7 rings (SSSR count). The summed E-state index contributed by atoms with van der Waals surface area (Å²) in [6.45, 7) is 2.27. The maximum Gasteiger partial charge on any atom is 0.230 e. The minimum absolute atomic E-state index is 0.173. The van der Waals surface area contributed by atoms with Gasteiger partial charge in [-0.25, -0.2) is 0 Å². The molecule has 1 aromatic heterocycles. The fraction of sp³-hybridized carbons (Fsp3) is 0.864. The first-order chi connectivity index (χ1) is 13.6. The van der Waals surface area contributed by atoms with Gasteiger partial charge in [0.05, 0.1) is 5.75 Å². The van der Waals surface area contributed by atoms with Crippen molar-refractivity contribution < 1.29 is 4.79 Å². The van der Waals surface area contributed by atoms with Crippen molar-refractivity contribution in [1.29, 1.82) is 0 Å². The Balaban J connectivity index is 1.09. The topological polar surface area (TPSA) is 59.8 Å². The first-order valence-electron chi connectivity index (χ1n) is 11.5. The number of rotatable bonds is 7. The van der Waals surface area contributed by atoms with Crippen LogP contribution >= 0.6 is 11.8 Å². The van der Waals surface area contributed by atoms with Gasteiger partial charge < -0.3 is 9.88 Å². The van der Waals surface area contributed by atoms with Gasteiger partial charge in [0.15, 0.2) is 5.16 Å². The van der Waals surface area contributed by atoms with Gasteiger partial charge in [0.2, 0.25) is 5.91 Å². The van der Waals surface area contributed by atoms with Crippen LogP contribution in [0.1, 0.15) is 88.9 Å². The molecule has 4 bridgehead atoms. The van der Waals surface area contributed by atoms with E-state index in [-0.39, 0.29) is 5.91 Å². The smallest absolute Gasteiger partial charge is 0.230 e. The average molecular weight is 401 g/mol. The number of thioether (sulfide) groups is 1. The van der Waals surface area contributed by atoms with Crippen molar-refractivity contribution in [3.05, 3.63) is 5.82 Å². The van der Waals surface area contributed by atoms with Gasteiger partial charge in [0, 0.05) is 18.0 Å². The number of hydrogen-bond donors (Lipinski definition) is 1. The molecule has 1 amide bonds. The molecule has 6 aliphatic rings. The van der Waals surface area contributed by atoms with E-state index in [4.69, 9.17) is 0 Å². The highest BCUT2D eigenvalue weighted by atomic mass is 32.2. The van der Waals surface area contributed by atoms with Crippen molar-refractivity contribution in [3.63, 3.8) is 0 Å². The third-order valence-corrected chi connectivity index (χ3v) is 9.20. The number of amides is 1. The summed E-state index contributed by atoms with van der Waals surface area (Å²) >= 11 is 1.59. The molecule has 1 heterocycles.